The number of unbranched alkanes of at least 4 members (excludes halogenated alkanes) is 3. The molecular formula is C71H67N3. The molecule has 0 saturated carbocycles. The van der Waals surface area contributed by atoms with Crippen molar-refractivity contribution < 1.29 is 0 Å². The minimum Gasteiger partial charge on any atom is -0.311 e. The summed E-state index contributed by atoms with van der Waals surface area (Å²) in [7, 11) is 0. The van der Waals surface area contributed by atoms with Gasteiger partial charge in [-0.1, -0.05) is 169 Å². The second-order valence-corrected chi connectivity index (χ2v) is 21.3. The molecule has 12 rings (SSSR count). The quantitative estimate of drug-likeness (QED) is 0.0901. The summed E-state index contributed by atoms with van der Waals surface area (Å²) in [6.07, 6.45) is 10.3. The van der Waals surface area contributed by atoms with Crippen molar-refractivity contribution in [2.75, 3.05) is 9.80 Å². The van der Waals surface area contributed by atoms with Crippen LogP contribution in [0.1, 0.15) is 101 Å². The maximum absolute atomic E-state index is 2.65. The zero-order valence-corrected chi connectivity index (χ0v) is 43.8. The molecular weight excluding hydrogens is 895 g/mol. The first-order valence-electron chi connectivity index (χ1n) is 27.4. The first-order valence-corrected chi connectivity index (χ1v) is 27.4. The standard InChI is InChI=1S/C71H67N3/c1-6-9-20-49-31-35-56(36-32-49)72(58-29-18-27-54(45-58)52-23-14-12-15-24-52)60-40-42-67-63(47-60)64-43-51(22-11-8-3)44-65-68-62-41-39-61(48-66(62)71(4,5)70(68)74(67)69(64)65)73(57-37-33-50(34-38-57)21-10-7-2)59-30-19-28-55(46-59)53-25-16-13-17-26-53/h12-19,23-48H,6-11,20-22H2,1-5H3. The Morgan fingerprint density at radius 2 is 0.838 bits per heavy atom. The van der Waals surface area contributed by atoms with E-state index in [1.807, 2.05) is 0 Å². The van der Waals surface area contributed by atoms with Crippen LogP contribution in [-0.4, -0.2) is 4.40 Å². The fraction of sp³-hybridized carbons (Fsp3) is 0.211. The topological polar surface area (TPSA) is 10.9 Å². The van der Waals surface area contributed by atoms with E-state index in [9.17, 15) is 0 Å². The van der Waals surface area contributed by atoms with Gasteiger partial charge < -0.3 is 14.2 Å². The maximum Gasteiger partial charge on any atom is 0.0617 e. The van der Waals surface area contributed by atoms with Crippen LogP contribution in [0.2, 0.25) is 0 Å². The Morgan fingerprint density at radius 1 is 0.378 bits per heavy atom. The summed E-state index contributed by atoms with van der Waals surface area (Å²) in [6.45, 7) is 11.8. The van der Waals surface area contributed by atoms with Crippen molar-refractivity contribution in [2.24, 2.45) is 0 Å². The Hall–Kier alpha value is -7.88. The molecule has 0 aliphatic heterocycles. The summed E-state index contributed by atoms with van der Waals surface area (Å²) in [5, 5.41) is 4.01. The first-order chi connectivity index (χ1) is 36.3. The molecule has 11 aromatic rings. The lowest BCUT2D eigenvalue weighted by molar-refractivity contribution is 0.633. The number of anilines is 6. The fourth-order valence-corrected chi connectivity index (χ4v) is 12.1. The average Bonchev–Trinajstić information content (AvgIpc) is 4.05. The minimum atomic E-state index is -0.300. The first kappa shape index (κ1) is 47.1. The van der Waals surface area contributed by atoms with Crippen molar-refractivity contribution in [1.29, 1.82) is 0 Å². The molecule has 0 radical (unpaired) electrons. The van der Waals surface area contributed by atoms with E-state index in [1.54, 1.807) is 0 Å². The third-order valence-corrected chi connectivity index (χ3v) is 16.0. The molecule has 0 atom stereocenters. The van der Waals surface area contributed by atoms with E-state index in [-0.39, 0.29) is 5.41 Å². The van der Waals surface area contributed by atoms with Gasteiger partial charge >= 0.3 is 0 Å². The van der Waals surface area contributed by atoms with Gasteiger partial charge in [-0.2, -0.15) is 0 Å². The molecule has 0 unspecified atom stereocenters. The largest absolute Gasteiger partial charge is 0.311 e. The predicted octanol–water partition coefficient (Wildman–Crippen LogP) is 20.3. The van der Waals surface area contributed by atoms with Crippen LogP contribution in [-0.2, 0) is 24.7 Å². The molecule has 3 nitrogen and oxygen atoms in total. The molecule has 0 bridgehead atoms. The van der Waals surface area contributed by atoms with Gasteiger partial charge in [0.1, 0.15) is 0 Å². The number of fused-ring (bicyclic) bond motifs is 8. The van der Waals surface area contributed by atoms with Gasteiger partial charge in [0.25, 0.3) is 0 Å². The highest BCUT2D eigenvalue weighted by atomic mass is 15.1. The van der Waals surface area contributed by atoms with Crippen LogP contribution in [0.3, 0.4) is 0 Å². The van der Waals surface area contributed by atoms with Gasteiger partial charge in [-0.15, -0.1) is 0 Å². The van der Waals surface area contributed by atoms with Gasteiger partial charge in [0.05, 0.1) is 11.0 Å². The third kappa shape index (κ3) is 8.43. The molecule has 0 spiro atoms. The van der Waals surface area contributed by atoms with Gasteiger partial charge in [0, 0.05) is 67.0 Å². The van der Waals surface area contributed by atoms with Gasteiger partial charge in [-0.3, -0.25) is 0 Å². The smallest absolute Gasteiger partial charge is 0.0617 e. The highest BCUT2D eigenvalue weighted by molar-refractivity contribution is 6.20. The number of hydrogen-bond donors (Lipinski definition) is 0. The number of nitrogens with zero attached hydrogens (tertiary/aromatic N) is 3. The zero-order valence-electron chi connectivity index (χ0n) is 43.8. The summed E-state index contributed by atoms with van der Waals surface area (Å²) in [6, 6.07) is 77.9. The summed E-state index contributed by atoms with van der Waals surface area (Å²) >= 11 is 0. The Balaban J connectivity index is 1.02. The zero-order chi connectivity index (χ0) is 50.3. The van der Waals surface area contributed by atoms with Gasteiger partial charge in [0.2, 0.25) is 0 Å². The second-order valence-electron chi connectivity index (χ2n) is 21.3. The van der Waals surface area contributed by atoms with E-state index in [4.69, 9.17) is 0 Å². The summed E-state index contributed by atoms with van der Waals surface area (Å²) in [5.41, 5.74) is 23.8. The van der Waals surface area contributed by atoms with Crippen LogP contribution in [0, 0.1) is 0 Å². The third-order valence-electron chi connectivity index (χ3n) is 16.0. The van der Waals surface area contributed by atoms with Crippen LogP contribution < -0.4 is 9.80 Å². The summed E-state index contributed by atoms with van der Waals surface area (Å²) < 4.78 is 2.65. The molecule has 3 heteroatoms. The van der Waals surface area contributed by atoms with Crippen molar-refractivity contribution in [3.8, 4) is 33.4 Å². The molecule has 0 saturated heterocycles. The molecule has 0 fully saturated rings. The van der Waals surface area contributed by atoms with Crippen LogP contribution in [0.25, 0.3) is 60.6 Å². The lowest BCUT2D eigenvalue weighted by atomic mass is 9.85. The predicted molar refractivity (Wildman–Crippen MR) is 317 cm³/mol. The number of hydrogen-bond acceptors (Lipinski definition) is 2. The van der Waals surface area contributed by atoms with E-state index >= 15 is 0 Å². The highest BCUT2D eigenvalue weighted by Crippen LogP contribution is 2.57. The van der Waals surface area contributed by atoms with Crippen molar-refractivity contribution in [2.45, 2.75) is 97.8 Å². The van der Waals surface area contributed by atoms with Crippen molar-refractivity contribution in [3.05, 3.63) is 234 Å². The summed E-state index contributed by atoms with van der Waals surface area (Å²) in [4.78, 5) is 4.94. The van der Waals surface area contributed by atoms with Crippen LogP contribution in [0.5, 0.6) is 0 Å². The van der Waals surface area contributed by atoms with Gasteiger partial charge in [-0.25, -0.2) is 0 Å². The average molecular weight is 962 g/mol. The van der Waals surface area contributed by atoms with Gasteiger partial charge in [0.15, 0.2) is 0 Å². The Labute approximate surface area is 438 Å². The molecule has 1 aliphatic carbocycles. The molecule has 74 heavy (non-hydrogen) atoms. The monoisotopic (exact) mass is 962 g/mol. The number of aromatic nitrogens is 1. The Bertz CT molecular complexity index is 3750. The van der Waals surface area contributed by atoms with E-state index < -0.39 is 0 Å². The van der Waals surface area contributed by atoms with Crippen molar-refractivity contribution in [3.63, 3.8) is 0 Å². The van der Waals surface area contributed by atoms with Crippen LogP contribution in [0.4, 0.5) is 34.1 Å². The fourth-order valence-electron chi connectivity index (χ4n) is 12.1. The Morgan fingerprint density at radius 3 is 1.38 bits per heavy atom. The van der Waals surface area contributed by atoms with E-state index in [0.717, 1.165) is 54.9 Å². The van der Waals surface area contributed by atoms with E-state index in [2.05, 4.69) is 255 Å². The molecule has 2 heterocycles. The van der Waals surface area contributed by atoms with Crippen molar-refractivity contribution in [1.82, 2.24) is 4.40 Å². The van der Waals surface area contributed by atoms with Gasteiger partial charge in [-0.05, 0) is 180 Å². The van der Waals surface area contributed by atoms with Crippen LogP contribution in [0.15, 0.2) is 206 Å². The molecule has 0 amide bonds. The minimum absolute atomic E-state index is 0.300. The molecule has 1 aliphatic rings. The number of aryl methyl sites for hydroxylation is 3. The SMILES string of the molecule is CCCCc1ccc(N(c2cccc(-c3ccccc3)c2)c2ccc3c(c2)C(C)(C)c2c-3c3cc(CCCC)cc4c5cc(N(c6ccc(CCCC)cc6)c6cccc(-c7ccccc7)c6)ccc5n2c34)cc1. The lowest BCUT2D eigenvalue weighted by Crippen LogP contribution is -2.19. The normalized spacial score (nSPS) is 12.7. The highest BCUT2D eigenvalue weighted by Gasteiger charge is 2.42. The second kappa shape index (κ2) is 19.9. The van der Waals surface area contributed by atoms with Crippen LogP contribution >= 0.6 is 0 Å². The molecule has 9 aromatic carbocycles. The van der Waals surface area contributed by atoms with E-state index in [1.165, 1.54) is 126 Å². The Kier molecular flexibility index (Phi) is 12.6. The maximum atomic E-state index is 2.65. The molecule has 366 valence electrons. The molecule has 0 N–H and O–H groups in total. The van der Waals surface area contributed by atoms with Crippen molar-refractivity contribution >= 4 is 61.3 Å². The lowest BCUT2D eigenvalue weighted by Gasteiger charge is -2.29. The summed E-state index contributed by atoms with van der Waals surface area (Å²) in [5.74, 6) is 0. The number of rotatable bonds is 17. The number of benzene rings is 9. The van der Waals surface area contributed by atoms with E-state index in [0.29, 0.717) is 0 Å². The molecule has 2 aromatic heterocycles.